The Morgan fingerprint density at radius 3 is 2.27 bits per heavy atom. The second-order valence-electron chi connectivity index (χ2n) is 5.41. The topological polar surface area (TPSA) is 3.24 Å². The summed E-state index contributed by atoms with van der Waals surface area (Å²) < 4.78 is 0. The van der Waals surface area contributed by atoms with E-state index in [1.54, 1.807) is 0 Å². The van der Waals surface area contributed by atoms with Crippen molar-refractivity contribution in [1.29, 1.82) is 0 Å². The molecule has 0 aliphatic carbocycles. The molecule has 0 amide bonds. The molecule has 0 spiro atoms. The first-order valence-corrected chi connectivity index (χ1v) is 5.77. The van der Waals surface area contributed by atoms with E-state index in [1.165, 1.54) is 6.42 Å². The Balaban J connectivity index is 4.38. The second-order valence-corrected chi connectivity index (χ2v) is 5.41. The second kappa shape index (κ2) is 6.12. The normalized spacial score (nSPS) is 15.4. The van der Waals surface area contributed by atoms with E-state index in [2.05, 4.69) is 52.9 Å². The van der Waals surface area contributed by atoms with Crippen molar-refractivity contribution in [2.75, 3.05) is 20.6 Å². The van der Waals surface area contributed by atoms with Gasteiger partial charge in [-0.25, -0.2) is 0 Å². The van der Waals surface area contributed by atoms with E-state index in [-0.39, 0.29) is 0 Å². The molecule has 0 saturated carbocycles. The van der Waals surface area contributed by atoms with E-state index in [1.807, 2.05) is 6.08 Å². The molecule has 0 saturated heterocycles. The maximum Gasteiger partial charge on any atom is 0.00318 e. The van der Waals surface area contributed by atoms with Crippen LogP contribution in [0.1, 0.15) is 33.6 Å². The van der Waals surface area contributed by atoms with Crippen LogP contribution in [0.4, 0.5) is 0 Å². The van der Waals surface area contributed by atoms with Crippen molar-refractivity contribution in [2.24, 2.45) is 11.3 Å². The van der Waals surface area contributed by atoms with E-state index >= 15 is 0 Å². The molecule has 0 rings (SSSR count). The molecular weight excluding hydrogens is 182 g/mol. The third-order valence-corrected chi connectivity index (χ3v) is 3.38. The Labute approximate surface area is 95.9 Å². The monoisotopic (exact) mass is 209 g/mol. The van der Waals surface area contributed by atoms with Gasteiger partial charge in [0.2, 0.25) is 0 Å². The molecule has 1 unspecified atom stereocenters. The molecule has 1 nitrogen and oxygen atoms in total. The molecule has 0 bridgehead atoms. The molecule has 0 aliphatic rings. The lowest BCUT2D eigenvalue weighted by molar-refractivity contribution is 0.140. The minimum Gasteiger partial charge on any atom is -0.309 e. The molecule has 1 heteroatoms. The number of hydrogen-bond donors (Lipinski definition) is 0. The maximum atomic E-state index is 3.98. The molecule has 0 aromatic rings. The lowest BCUT2D eigenvalue weighted by atomic mass is 9.74. The molecule has 0 aromatic heterocycles. The van der Waals surface area contributed by atoms with Crippen molar-refractivity contribution in [3.8, 4) is 0 Å². The lowest BCUT2D eigenvalue weighted by Gasteiger charge is -2.36. The largest absolute Gasteiger partial charge is 0.309 e. The van der Waals surface area contributed by atoms with Crippen LogP contribution in [0.2, 0.25) is 0 Å². The number of allylic oxidation sites excluding steroid dienone is 2. The van der Waals surface area contributed by atoms with Crippen molar-refractivity contribution in [1.82, 2.24) is 4.90 Å². The van der Waals surface area contributed by atoms with Gasteiger partial charge < -0.3 is 4.90 Å². The molecular formula is C14H27N. The van der Waals surface area contributed by atoms with Gasteiger partial charge in [-0.2, -0.15) is 0 Å². The summed E-state index contributed by atoms with van der Waals surface area (Å²) in [5.74, 6) is 0.692. The average molecular weight is 209 g/mol. The Hall–Kier alpha value is -0.560. The minimum atomic E-state index is 0.370. The summed E-state index contributed by atoms with van der Waals surface area (Å²) in [6.07, 6.45) is 4.12. The summed E-state index contributed by atoms with van der Waals surface area (Å²) in [6, 6.07) is 0. The van der Waals surface area contributed by atoms with Crippen molar-refractivity contribution in [3.63, 3.8) is 0 Å². The maximum absolute atomic E-state index is 3.98. The van der Waals surface area contributed by atoms with Crippen molar-refractivity contribution in [3.05, 3.63) is 24.8 Å². The molecule has 15 heavy (non-hydrogen) atoms. The van der Waals surface area contributed by atoms with E-state index in [0.29, 0.717) is 11.3 Å². The molecule has 1 atom stereocenters. The Morgan fingerprint density at radius 1 is 1.40 bits per heavy atom. The van der Waals surface area contributed by atoms with Crippen LogP contribution < -0.4 is 0 Å². The third kappa shape index (κ3) is 5.17. The highest BCUT2D eigenvalue weighted by Gasteiger charge is 2.28. The Bertz CT molecular complexity index is 215. The van der Waals surface area contributed by atoms with Crippen molar-refractivity contribution >= 4 is 0 Å². The van der Waals surface area contributed by atoms with Crippen LogP contribution in [-0.2, 0) is 0 Å². The first kappa shape index (κ1) is 14.4. The third-order valence-electron chi connectivity index (χ3n) is 3.38. The van der Waals surface area contributed by atoms with Gasteiger partial charge >= 0.3 is 0 Å². The molecule has 0 aliphatic heterocycles. The van der Waals surface area contributed by atoms with Crippen LogP contribution in [0, 0.1) is 11.3 Å². The summed E-state index contributed by atoms with van der Waals surface area (Å²) in [6.45, 7) is 15.9. The van der Waals surface area contributed by atoms with Crippen LogP contribution in [0.25, 0.3) is 0 Å². The summed E-state index contributed by atoms with van der Waals surface area (Å²) in [4.78, 5) is 2.27. The highest BCUT2D eigenvalue weighted by molar-refractivity contribution is 5.11. The van der Waals surface area contributed by atoms with Gasteiger partial charge in [0.05, 0.1) is 0 Å². The SMILES string of the molecule is C=CC(=C)CCC(C)(CN(C)C)C(C)C. The van der Waals surface area contributed by atoms with Gasteiger partial charge in [0.1, 0.15) is 0 Å². The molecule has 0 aromatic carbocycles. The predicted octanol–water partition coefficient (Wildman–Crippen LogP) is 3.73. The molecule has 88 valence electrons. The molecule has 0 N–H and O–H groups in total. The fourth-order valence-electron chi connectivity index (χ4n) is 1.82. The number of rotatable bonds is 7. The number of nitrogens with zero attached hydrogens (tertiary/aromatic N) is 1. The molecule has 0 heterocycles. The molecule has 0 radical (unpaired) electrons. The Morgan fingerprint density at radius 2 is 1.93 bits per heavy atom. The van der Waals surface area contributed by atoms with Crippen LogP contribution in [0.5, 0.6) is 0 Å². The first-order chi connectivity index (χ1) is 6.81. The van der Waals surface area contributed by atoms with Crippen LogP contribution in [0.15, 0.2) is 24.8 Å². The van der Waals surface area contributed by atoms with Gasteiger partial charge in [-0.05, 0) is 38.3 Å². The minimum absolute atomic E-state index is 0.370. The summed E-state index contributed by atoms with van der Waals surface area (Å²) in [5.41, 5.74) is 1.52. The summed E-state index contributed by atoms with van der Waals surface area (Å²) >= 11 is 0. The smallest absolute Gasteiger partial charge is 0.00318 e. The van der Waals surface area contributed by atoms with E-state index in [9.17, 15) is 0 Å². The van der Waals surface area contributed by atoms with Gasteiger partial charge in [-0.1, -0.05) is 45.6 Å². The highest BCUT2D eigenvalue weighted by atomic mass is 15.1. The van der Waals surface area contributed by atoms with Gasteiger partial charge in [-0.3, -0.25) is 0 Å². The Kier molecular flexibility index (Phi) is 5.89. The zero-order valence-corrected chi connectivity index (χ0v) is 11.1. The van der Waals surface area contributed by atoms with E-state index in [4.69, 9.17) is 0 Å². The van der Waals surface area contributed by atoms with Crippen molar-refractivity contribution in [2.45, 2.75) is 33.6 Å². The summed E-state index contributed by atoms with van der Waals surface area (Å²) in [7, 11) is 4.28. The standard InChI is InChI=1S/C14H27N/c1-8-13(4)9-10-14(5,12(2)3)11-15(6)7/h8,12H,1,4,9-11H2,2-3,5-7H3. The molecule has 0 fully saturated rings. The highest BCUT2D eigenvalue weighted by Crippen LogP contribution is 2.34. The van der Waals surface area contributed by atoms with Crippen LogP contribution in [-0.4, -0.2) is 25.5 Å². The predicted molar refractivity (Wildman–Crippen MR) is 70.1 cm³/mol. The fraction of sp³-hybridized carbons (Fsp3) is 0.714. The van der Waals surface area contributed by atoms with Gasteiger partial charge in [0, 0.05) is 6.54 Å². The summed E-state index contributed by atoms with van der Waals surface area (Å²) in [5, 5.41) is 0. The van der Waals surface area contributed by atoms with E-state index in [0.717, 1.165) is 18.5 Å². The average Bonchev–Trinajstić information content (AvgIpc) is 2.12. The first-order valence-electron chi connectivity index (χ1n) is 5.77. The van der Waals surface area contributed by atoms with Gasteiger partial charge in [0.25, 0.3) is 0 Å². The van der Waals surface area contributed by atoms with Crippen LogP contribution in [0.3, 0.4) is 0 Å². The van der Waals surface area contributed by atoms with Gasteiger partial charge in [-0.15, -0.1) is 0 Å². The lowest BCUT2D eigenvalue weighted by Crippen LogP contribution is -2.35. The van der Waals surface area contributed by atoms with E-state index < -0.39 is 0 Å². The quantitative estimate of drug-likeness (QED) is 0.577. The van der Waals surface area contributed by atoms with Crippen LogP contribution >= 0.6 is 0 Å². The number of hydrogen-bond acceptors (Lipinski definition) is 1. The fourth-order valence-corrected chi connectivity index (χ4v) is 1.82. The van der Waals surface area contributed by atoms with Gasteiger partial charge in [0.15, 0.2) is 0 Å². The van der Waals surface area contributed by atoms with Crippen molar-refractivity contribution < 1.29 is 0 Å². The zero-order valence-electron chi connectivity index (χ0n) is 11.1. The zero-order chi connectivity index (χ0) is 12.1.